The predicted molar refractivity (Wildman–Crippen MR) is 105 cm³/mol. The van der Waals surface area contributed by atoms with Crippen LogP contribution in [0.5, 0.6) is 0 Å². The first kappa shape index (κ1) is 19.4. The van der Waals surface area contributed by atoms with Crippen molar-refractivity contribution in [2.45, 2.75) is 71.0 Å². The Bertz CT molecular complexity index is 731. The number of nitrogens with one attached hydrogen (secondary N) is 1. The van der Waals surface area contributed by atoms with Crippen molar-refractivity contribution in [2.24, 2.45) is 17.8 Å². The number of amides is 1. The highest BCUT2D eigenvalue weighted by Gasteiger charge is 2.49. The number of aromatic amines is 1. The summed E-state index contributed by atoms with van der Waals surface area (Å²) in [5.41, 5.74) is 0.948. The lowest BCUT2D eigenvalue weighted by atomic mass is 9.70. The molecule has 4 heterocycles. The molecule has 7 nitrogen and oxygen atoms in total. The quantitative estimate of drug-likeness (QED) is 0.782. The number of rotatable bonds is 6. The number of carbonyl (C=O) groups excluding carboxylic acids is 1. The van der Waals surface area contributed by atoms with Crippen LogP contribution in [-0.4, -0.2) is 62.2 Å². The van der Waals surface area contributed by atoms with Crippen molar-refractivity contribution in [1.29, 1.82) is 0 Å². The number of carboxylic acid groups (broad SMARTS) is 1. The van der Waals surface area contributed by atoms with E-state index < -0.39 is 5.97 Å². The van der Waals surface area contributed by atoms with Gasteiger partial charge in [0.2, 0.25) is 5.91 Å². The third-order valence-corrected chi connectivity index (χ3v) is 6.94. The van der Waals surface area contributed by atoms with E-state index in [0.29, 0.717) is 48.7 Å². The summed E-state index contributed by atoms with van der Waals surface area (Å²) in [6.45, 7) is 6.98. The molecule has 154 valence electrons. The largest absolute Gasteiger partial charge is 0.477 e. The van der Waals surface area contributed by atoms with Crippen LogP contribution >= 0.6 is 0 Å². The first-order chi connectivity index (χ1) is 13.4. The molecule has 1 aromatic rings. The summed E-state index contributed by atoms with van der Waals surface area (Å²) in [5, 5.41) is 15.9. The Balaban J connectivity index is 1.54. The number of H-pyrrole nitrogens is 1. The minimum absolute atomic E-state index is 0.196. The molecule has 3 fully saturated rings. The van der Waals surface area contributed by atoms with Gasteiger partial charge in [0.05, 0.1) is 6.20 Å². The van der Waals surface area contributed by atoms with Crippen LogP contribution in [0.1, 0.15) is 68.4 Å². The van der Waals surface area contributed by atoms with Crippen LogP contribution in [-0.2, 0) is 11.3 Å². The summed E-state index contributed by atoms with van der Waals surface area (Å²) in [7, 11) is 0. The van der Waals surface area contributed by atoms with E-state index in [1.165, 1.54) is 6.42 Å². The lowest BCUT2D eigenvalue weighted by Crippen LogP contribution is -2.64. The normalized spacial score (nSPS) is 30.5. The molecule has 28 heavy (non-hydrogen) atoms. The van der Waals surface area contributed by atoms with Crippen molar-refractivity contribution in [3.05, 3.63) is 17.5 Å². The van der Waals surface area contributed by atoms with Gasteiger partial charge in [0.15, 0.2) is 0 Å². The number of fused-ring (bicyclic) bond motifs is 4. The molecule has 3 aliphatic rings. The van der Waals surface area contributed by atoms with E-state index in [0.717, 1.165) is 44.3 Å². The first-order valence-corrected chi connectivity index (χ1v) is 10.7. The van der Waals surface area contributed by atoms with E-state index in [9.17, 15) is 14.7 Å². The second-order valence-electron chi connectivity index (χ2n) is 9.32. The summed E-state index contributed by atoms with van der Waals surface area (Å²) in [6.07, 6.45) is 7.88. The molecule has 0 saturated carbocycles. The van der Waals surface area contributed by atoms with Crippen LogP contribution in [0.3, 0.4) is 0 Å². The highest BCUT2D eigenvalue weighted by Crippen LogP contribution is 2.43. The van der Waals surface area contributed by atoms with Crippen molar-refractivity contribution in [3.63, 3.8) is 0 Å². The van der Waals surface area contributed by atoms with Crippen LogP contribution in [0.2, 0.25) is 0 Å². The lowest BCUT2D eigenvalue weighted by Gasteiger charge is -2.57. The minimum Gasteiger partial charge on any atom is -0.477 e. The van der Waals surface area contributed by atoms with Gasteiger partial charge in [-0.3, -0.25) is 14.8 Å². The average Bonchev–Trinajstić information content (AvgIpc) is 3.10. The topological polar surface area (TPSA) is 89.5 Å². The molecule has 4 rings (SSSR count). The molecule has 0 radical (unpaired) electrons. The van der Waals surface area contributed by atoms with Crippen LogP contribution in [0.15, 0.2) is 6.20 Å². The first-order valence-electron chi connectivity index (χ1n) is 10.7. The summed E-state index contributed by atoms with van der Waals surface area (Å²) in [6, 6.07) is 0.698. The standard InChI is InChI=1S/C21H32N4O3/c1-13(2)6-7-18-15-8-14(17-4-3-5-19(26)25(17)18)10-24(11-15)12-16-9-22-23-20(16)21(27)28/h9,13-15,17-18H,3-8,10-12H2,1-2H3,(H,22,23)(H,27,28)/t14-,15+,17+,18+/m1/s1. The number of aromatic carboxylic acids is 1. The Morgan fingerprint density at radius 2 is 2.14 bits per heavy atom. The third-order valence-electron chi connectivity index (χ3n) is 6.94. The highest BCUT2D eigenvalue weighted by atomic mass is 16.4. The molecule has 0 aromatic carbocycles. The van der Waals surface area contributed by atoms with E-state index in [1.54, 1.807) is 6.20 Å². The average molecular weight is 389 g/mol. The fourth-order valence-electron chi connectivity index (χ4n) is 5.73. The Hall–Kier alpha value is -1.89. The maximum atomic E-state index is 12.8. The molecule has 2 bridgehead atoms. The fourth-order valence-corrected chi connectivity index (χ4v) is 5.73. The number of piperidine rings is 3. The zero-order valence-corrected chi connectivity index (χ0v) is 16.9. The van der Waals surface area contributed by atoms with Gasteiger partial charge in [-0.25, -0.2) is 4.79 Å². The van der Waals surface area contributed by atoms with Crippen molar-refractivity contribution >= 4 is 11.9 Å². The maximum Gasteiger partial charge on any atom is 0.354 e. The van der Waals surface area contributed by atoms with Crippen molar-refractivity contribution < 1.29 is 14.7 Å². The number of carbonyl (C=O) groups is 2. The van der Waals surface area contributed by atoms with Crippen LogP contribution in [0.25, 0.3) is 0 Å². The fraction of sp³-hybridized carbons (Fsp3) is 0.762. The molecule has 1 amide bonds. The zero-order valence-electron chi connectivity index (χ0n) is 16.9. The Morgan fingerprint density at radius 3 is 2.89 bits per heavy atom. The van der Waals surface area contributed by atoms with Crippen molar-refractivity contribution in [1.82, 2.24) is 20.0 Å². The summed E-state index contributed by atoms with van der Waals surface area (Å²) < 4.78 is 0. The molecule has 3 aliphatic heterocycles. The zero-order chi connectivity index (χ0) is 19.8. The van der Waals surface area contributed by atoms with Gasteiger partial charge in [0.25, 0.3) is 0 Å². The van der Waals surface area contributed by atoms with E-state index in [2.05, 4.69) is 33.8 Å². The molecule has 2 N–H and O–H groups in total. The molecule has 3 saturated heterocycles. The highest BCUT2D eigenvalue weighted by molar-refractivity contribution is 5.86. The second kappa shape index (κ2) is 7.85. The number of hydrogen-bond donors (Lipinski definition) is 2. The minimum atomic E-state index is -0.955. The molecular weight excluding hydrogens is 356 g/mol. The Labute approximate surface area is 166 Å². The molecule has 0 spiro atoms. The van der Waals surface area contributed by atoms with Gasteiger partial charge in [-0.1, -0.05) is 13.8 Å². The van der Waals surface area contributed by atoms with Gasteiger partial charge in [0.1, 0.15) is 5.69 Å². The Kier molecular flexibility index (Phi) is 5.45. The summed E-state index contributed by atoms with van der Waals surface area (Å²) in [5.74, 6) is 1.02. The van der Waals surface area contributed by atoms with Gasteiger partial charge in [-0.05, 0) is 49.9 Å². The van der Waals surface area contributed by atoms with Crippen molar-refractivity contribution in [3.8, 4) is 0 Å². The number of nitrogens with zero attached hydrogens (tertiary/aromatic N) is 3. The molecule has 4 atom stereocenters. The molecule has 1 aromatic heterocycles. The molecule has 0 unspecified atom stereocenters. The number of hydrogen-bond acceptors (Lipinski definition) is 4. The van der Waals surface area contributed by atoms with Crippen LogP contribution < -0.4 is 0 Å². The van der Waals surface area contributed by atoms with E-state index in [4.69, 9.17) is 0 Å². The third kappa shape index (κ3) is 3.69. The molecule has 0 aliphatic carbocycles. The molecular formula is C21H32N4O3. The van der Waals surface area contributed by atoms with Crippen LogP contribution in [0.4, 0.5) is 0 Å². The lowest BCUT2D eigenvalue weighted by molar-refractivity contribution is -0.153. The second-order valence-corrected chi connectivity index (χ2v) is 9.32. The van der Waals surface area contributed by atoms with Gasteiger partial charge in [0, 0.05) is 43.7 Å². The van der Waals surface area contributed by atoms with E-state index in [-0.39, 0.29) is 5.69 Å². The van der Waals surface area contributed by atoms with Gasteiger partial charge >= 0.3 is 5.97 Å². The Morgan fingerprint density at radius 1 is 1.36 bits per heavy atom. The SMILES string of the molecule is CC(C)CC[C@H]1[C@H]2C[C@H](CN(Cc3cn[nH]c3C(=O)O)C2)[C@@H]2CCCC(=O)N21. The predicted octanol–water partition coefficient (Wildman–Crippen LogP) is 2.75. The van der Waals surface area contributed by atoms with Crippen molar-refractivity contribution in [2.75, 3.05) is 13.1 Å². The summed E-state index contributed by atoms with van der Waals surface area (Å²) >= 11 is 0. The van der Waals surface area contributed by atoms with E-state index >= 15 is 0 Å². The summed E-state index contributed by atoms with van der Waals surface area (Å²) in [4.78, 5) is 28.9. The monoisotopic (exact) mass is 388 g/mol. The maximum absolute atomic E-state index is 12.8. The van der Waals surface area contributed by atoms with Gasteiger partial charge in [-0.2, -0.15) is 5.10 Å². The van der Waals surface area contributed by atoms with Crippen LogP contribution in [0, 0.1) is 17.8 Å². The number of likely N-dealkylation sites (tertiary alicyclic amines) is 1. The van der Waals surface area contributed by atoms with E-state index in [1.807, 2.05) is 0 Å². The van der Waals surface area contributed by atoms with Gasteiger partial charge < -0.3 is 10.0 Å². The molecule has 7 heteroatoms. The number of aromatic nitrogens is 2. The number of carboxylic acids is 1. The van der Waals surface area contributed by atoms with Gasteiger partial charge in [-0.15, -0.1) is 0 Å². The smallest absolute Gasteiger partial charge is 0.354 e.